The molecule has 1 amide bonds. The summed E-state index contributed by atoms with van der Waals surface area (Å²) in [7, 11) is 0. The number of nitrogens with one attached hydrogen (secondary N) is 1. The van der Waals surface area contributed by atoms with E-state index in [-0.39, 0.29) is 31.8 Å². The number of ether oxygens (including phenoxy) is 3. The number of esters is 2. The highest BCUT2D eigenvalue weighted by atomic mass is 16.6. The minimum absolute atomic E-state index is 0.148. The van der Waals surface area contributed by atoms with Gasteiger partial charge >= 0.3 is 11.9 Å². The molecule has 0 radical (unpaired) electrons. The molecule has 0 heterocycles. The number of ketones is 2. The van der Waals surface area contributed by atoms with Crippen LogP contribution >= 0.6 is 0 Å². The van der Waals surface area contributed by atoms with Gasteiger partial charge in [0.25, 0.3) is 0 Å². The van der Waals surface area contributed by atoms with Crippen LogP contribution in [-0.2, 0) is 39.9 Å². The number of hydrogen-bond donors (Lipinski definition) is 2. The molecule has 53 heavy (non-hydrogen) atoms. The normalized spacial score (nSPS) is 13.6. The van der Waals surface area contributed by atoms with Gasteiger partial charge in [-0.3, -0.25) is 19.2 Å². The summed E-state index contributed by atoms with van der Waals surface area (Å²) in [6.07, 6.45) is 13.9. The molecule has 296 valence electrons. The maximum Gasteiger partial charge on any atom is 0.339 e. The van der Waals surface area contributed by atoms with Crippen LogP contribution in [0.1, 0.15) is 144 Å². The lowest BCUT2D eigenvalue weighted by Gasteiger charge is -2.35. The first-order valence-electron chi connectivity index (χ1n) is 19.4. The number of allylic oxidation sites excluding steroid dienone is 1. The van der Waals surface area contributed by atoms with Gasteiger partial charge < -0.3 is 24.6 Å². The molecule has 10 nitrogen and oxygen atoms in total. The number of rotatable bonds is 27. The summed E-state index contributed by atoms with van der Waals surface area (Å²) in [5.74, 6) is 2.44. The molecule has 0 unspecified atom stereocenters. The second kappa shape index (κ2) is 25.9. The van der Waals surface area contributed by atoms with E-state index < -0.39 is 47.4 Å². The minimum Gasteiger partial charge on any atom is -0.481 e. The number of aliphatic hydroxyl groups is 1. The quantitative estimate of drug-likeness (QED) is 0.0404. The fraction of sp³-hybridized carbons (Fsp3) is 0.651. The van der Waals surface area contributed by atoms with Gasteiger partial charge in [-0.2, -0.15) is 0 Å². The van der Waals surface area contributed by atoms with Crippen molar-refractivity contribution in [1.82, 2.24) is 5.32 Å². The molecule has 1 aromatic carbocycles. The van der Waals surface area contributed by atoms with Crippen LogP contribution in [0.2, 0.25) is 0 Å². The standard InChI is InChI=1S/C43H65NO9/c1-8-11-13-16-19-22-35(46)23-20-17-14-15-18-21-24-37(43(50,29-31-51-33(4)45)41(49)53-42(5,6)7)40(48)44-38(39(47)10-3)32-34-25-27-36(28-26-34)52-30-12-9-2/h21,24-28,37-38,50H,8,10-11,13-20,22-23,29-32H2,1-7H3,(H,44,48)/b24-21+/t37-,38+,43+/m1/s1. The summed E-state index contributed by atoms with van der Waals surface area (Å²) < 4.78 is 16.2. The lowest BCUT2D eigenvalue weighted by Crippen LogP contribution is -2.56. The van der Waals surface area contributed by atoms with Crippen LogP contribution in [0.25, 0.3) is 0 Å². The van der Waals surface area contributed by atoms with Crippen molar-refractivity contribution < 1.29 is 43.3 Å². The van der Waals surface area contributed by atoms with E-state index in [1.54, 1.807) is 65.0 Å². The van der Waals surface area contributed by atoms with Gasteiger partial charge in [0.15, 0.2) is 11.4 Å². The van der Waals surface area contributed by atoms with Crippen LogP contribution in [0, 0.1) is 17.8 Å². The van der Waals surface area contributed by atoms with Gasteiger partial charge in [0.2, 0.25) is 5.91 Å². The average molecular weight is 740 g/mol. The topological polar surface area (TPSA) is 145 Å². The predicted octanol–water partition coefficient (Wildman–Crippen LogP) is 7.56. The Bertz CT molecular complexity index is 1370. The minimum atomic E-state index is -2.42. The third-order valence-corrected chi connectivity index (χ3v) is 8.71. The van der Waals surface area contributed by atoms with Crippen LogP contribution in [-0.4, -0.2) is 65.0 Å². The van der Waals surface area contributed by atoms with Crippen molar-refractivity contribution in [3.63, 3.8) is 0 Å². The van der Waals surface area contributed by atoms with Crippen molar-refractivity contribution in [2.24, 2.45) is 5.92 Å². The summed E-state index contributed by atoms with van der Waals surface area (Å²) in [6, 6.07) is 6.18. The molecule has 0 saturated heterocycles. The van der Waals surface area contributed by atoms with E-state index in [2.05, 4.69) is 24.1 Å². The Morgan fingerprint density at radius 3 is 2.09 bits per heavy atom. The summed E-state index contributed by atoms with van der Waals surface area (Å²) in [4.78, 5) is 64.7. The largest absolute Gasteiger partial charge is 0.481 e. The zero-order valence-electron chi connectivity index (χ0n) is 33.4. The lowest BCUT2D eigenvalue weighted by atomic mass is 9.82. The van der Waals surface area contributed by atoms with Crippen LogP contribution in [0.5, 0.6) is 5.75 Å². The number of Topliss-reactive ketones (excluding diaryl/α,β-unsaturated/α-hetero) is 2. The van der Waals surface area contributed by atoms with Crippen molar-refractivity contribution in [3.05, 3.63) is 42.0 Å². The number of benzene rings is 1. The molecule has 1 aromatic rings. The van der Waals surface area contributed by atoms with E-state index in [1.165, 1.54) is 32.3 Å². The zero-order valence-corrected chi connectivity index (χ0v) is 33.4. The van der Waals surface area contributed by atoms with Crippen molar-refractivity contribution in [2.45, 2.75) is 162 Å². The van der Waals surface area contributed by atoms with E-state index in [4.69, 9.17) is 14.2 Å². The molecule has 3 atom stereocenters. The fourth-order valence-corrected chi connectivity index (χ4v) is 5.69. The molecule has 0 aliphatic heterocycles. The van der Waals surface area contributed by atoms with Gasteiger partial charge in [-0.1, -0.05) is 82.6 Å². The molecule has 0 aliphatic carbocycles. The first-order valence-corrected chi connectivity index (χ1v) is 19.4. The van der Waals surface area contributed by atoms with Crippen LogP contribution in [0.3, 0.4) is 0 Å². The highest BCUT2D eigenvalue weighted by molar-refractivity contribution is 5.94. The smallest absolute Gasteiger partial charge is 0.339 e. The predicted molar refractivity (Wildman–Crippen MR) is 207 cm³/mol. The van der Waals surface area contributed by atoms with Gasteiger partial charge in [-0.05, 0) is 77.5 Å². The van der Waals surface area contributed by atoms with Gasteiger partial charge in [0, 0.05) is 32.6 Å². The monoisotopic (exact) mass is 739 g/mol. The maximum absolute atomic E-state index is 14.1. The molecule has 10 heteroatoms. The van der Waals surface area contributed by atoms with E-state index in [9.17, 15) is 29.1 Å². The number of carbonyl (C=O) groups is 5. The number of amides is 1. The Labute approximate surface area is 318 Å². The van der Waals surface area contributed by atoms with Crippen molar-refractivity contribution in [2.75, 3.05) is 13.2 Å². The highest BCUT2D eigenvalue weighted by Gasteiger charge is 2.49. The van der Waals surface area contributed by atoms with Crippen LogP contribution in [0.15, 0.2) is 36.4 Å². The van der Waals surface area contributed by atoms with Crippen molar-refractivity contribution in [3.8, 4) is 17.6 Å². The number of hydrogen-bond acceptors (Lipinski definition) is 9. The Kier molecular flexibility index (Phi) is 23.0. The molecule has 0 saturated carbocycles. The van der Waals surface area contributed by atoms with Gasteiger partial charge in [0.1, 0.15) is 23.7 Å². The third-order valence-electron chi connectivity index (χ3n) is 8.71. The number of unbranched alkanes of at least 4 members (excludes halogenated alkanes) is 8. The van der Waals surface area contributed by atoms with E-state index >= 15 is 0 Å². The Morgan fingerprint density at radius 2 is 1.53 bits per heavy atom. The maximum atomic E-state index is 14.1. The van der Waals surface area contributed by atoms with Gasteiger partial charge in [0.05, 0.1) is 18.6 Å². The molecular formula is C43H65NO9. The first-order chi connectivity index (χ1) is 25.2. The zero-order chi connectivity index (χ0) is 39.7. The summed E-state index contributed by atoms with van der Waals surface area (Å²) >= 11 is 0. The van der Waals surface area contributed by atoms with E-state index in [0.29, 0.717) is 30.8 Å². The summed E-state index contributed by atoms with van der Waals surface area (Å²) in [6.45, 7) is 11.7. The van der Waals surface area contributed by atoms with Gasteiger partial charge in [-0.25, -0.2) is 4.79 Å². The van der Waals surface area contributed by atoms with E-state index in [0.717, 1.165) is 44.1 Å². The lowest BCUT2D eigenvalue weighted by molar-refractivity contribution is -0.186. The SMILES string of the molecule is CC#CCOc1ccc(C[C@H](NC(=O)[C@@H](/C=C/CCCCCCC(=O)CCCCCCC)[C@@](O)(CCOC(C)=O)C(=O)OC(C)(C)C)C(=O)CC)cc1. The molecule has 0 bridgehead atoms. The molecule has 0 aliphatic rings. The van der Waals surface area contributed by atoms with Crippen LogP contribution in [0.4, 0.5) is 0 Å². The molecule has 1 rings (SSSR count). The second-order valence-electron chi connectivity index (χ2n) is 14.5. The summed E-state index contributed by atoms with van der Waals surface area (Å²) in [5, 5.41) is 14.8. The number of carbonyl (C=O) groups excluding carboxylic acids is 5. The fourth-order valence-electron chi connectivity index (χ4n) is 5.69. The molecule has 0 fully saturated rings. The first kappa shape index (κ1) is 47.1. The van der Waals surface area contributed by atoms with Crippen molar-refractivity contribution in [1.29, 1.82) is 0 Å². The van der Waals surface area contributed by atoms with Crippen molar-refractivity contribution >= 4 is 29.4 Å². The third kappa shape index (κ3) is 20.2. The van der Waals surface area contributed by atoms with Crippen LogP contribution < -0.4 is 10.1 Å². The molecular weight excluding hydrogens is 674 g/mol. The van der Waals surface area contributed by atoms with E-state index in [1.807, 2.05) is 0 Å². The Balaban J connectivity index is 3.16. The summed E-state index contributed by atoms with van der Waals surface area (Å²) in [5.41, 5.74) is -2.64. The Hall–Kier alpha value is -3.97. The molecule has 0 spiro atoms. The Morgan fingerprint density at radius 1 is 0.906 bits per heavy atom. The molecule has 2 N–H and O–H groups in total. The second-order valence-corrected chi connectivity index (χ2v) is 14.5. The molecule has 0 aromatic heterocycles. The van der Waals surface area contributed by atoms with Gasteiger partial charge in [-0.15, -0.1) is 5.92 Å². The highest BCUT2D eigenvalue weighted by Crippen LogP contribution is 2.29. The average Bonchev–Trinajstić information content (AvgIpc) is 3.10.